The van der Waals surface area contributed by atoms with E-state index < -0.39 is 13.4 Å². The van der Waals surface area contributed by atoms with E-state index in [2.05, 4.69) is 5.32 Å². The van der Waals surface area contributed by atoms with Gasteiger partial charge in [-0.05, 0) is 54.1 Å². The lowest BCUT2D eigenvalue weighted by Crippen LogP contribution is -2.18. The van der Waals surface area contributed by atoms with Gasteiger partial charge < -0.3 is 19.5 Å². The van der Waals surface area contributed by atoms with Gasteiger partial charge in [0.25, 0.3) is 0 Å². The molecule has 2 N–H and O–H groups in total. The molecule has 4 aromatic carbocycles. The van der Waals surface area contributed by atoms with Crippen LogP contribution in [0.2, 0.25) is 5.02 Å². The summed E-state index contributed by atoms with van der Waals surface area (Å²) in [7, 11) is -3.96. The van der Waals surface area contributed by atoms with Crippen LogP contribution in [0, 0.1) is 0 Å². The van der Waals surface area contributed by atoms with Crippen LogP contribution in [0.5, 0.6) is 17.2 Å². The van der Waals surface area contributed by atoms with Crippen molar-refractivity contribution in [1.29, 1.82) is 0 Å². The summed E-state index contributed by atoms with van der Waals surface area (Å²) in [6.07, 6.45) is 0. The third-order valence-electron chi connectivity index (χ3n) is 4.65. The maximum Gasteiger partial charge on any atom is 0.457 e. The minimum absolute atomic E-state index is 0.0115. The van der Waals surface area contributed by atoms with Gasteiger partial charge in [0, 0.05) is 5.02 Å². The minimum Gasteiger partial charge on any atom is -0.506 e. The van der Waals surface area contributed by atoms with Crippen molar-refractivity contribution in [3.63, 3.8) is 0 Å². The Balaban J connectivity index is 1.81. The predicted molar refractivity (Wildman–Crippen MR) is 128 cm³/mol. The number of nitrogens with one attached hydrogen (secondary N) is 1. The first kappa shape index (κ1) is 21.8. The standard InChI is InChI=1S/C25H21ClNO4P/c26-20-17-15-19(16-18-20)25(27-23-13-7-8-14-24(23)28)32(29,30-21-9-3-1-4-10-21)31-22-11-5-2-6-12-22/h1-18,25,27-28H. The number of hydrogen-bond acceptors (Lipinski definition) is 5. The molecule has 0 aliphatic heterocycles. The minimum atomic E-state index is -3.96. The zero-order valence-corrected chi connectivity index (χ0v) is 18.6. The van der Waals surface area contributed by atoms with Crippen LogP contribution in [0.15, 0.2) is 109 Å². The summed E-state index contributed by atoms with van der Waals surface area (Å²) in [6, 6.07) is 31.3. The van der Waals surface area contributed by atoms with Crippen LogP contribution in [-0.4, -0.2) is 5.11 Å². The van der Waals surface area contributed by atoms with Crippen molar-refractivity contribution in [3.8, 4) is 17.2 Å². The Kier molecular flexibility index (Phi) is 6.69. The molecule has 1 atom stereocenters. The molecule has 0 heterocycles. The fourth-order valence-electron chi connectivity index (χ4n) is 3.11. The van der Waals surface area contributed by atoms with Crippen molar-refractivity contribution in [1.82, 2.24) is 0 Å². The molecule has 0 aliphatic rings. The molecule has 32 heavy (non-hydrogen) atoms. The van der Waals surface area contributed by atoms with Gasteiger partial charge in [-0.25, -0.2) is 4.57 Å². The third-order valence-corrected chi connectivity index (χ3v) is 6.89. The molecule has 0 saturated heterocycles. The van der Waals surface area contributed by atoms with Crippen LogP contribution in [0.3, 0.4) is 0 Å². The van der Waals surface area contributed by atoms with Crippen LogP contribution in [-0.2, 0) is 4.57 Å². The van der Waals surface area contributed by atoms with Gasteiger partial charge in [-0.15, -0.1) is 0 Å². The van der Waals surface area contributed by atoms with E-state index in [-0.39, 0.29) is 5.75 Å². The Morgan fingerprint density at radius 3 is 1.75 bits per heavy atom. The zero-order chi connectivity index (χ0) is 22.4. The Labute approximate surface area is 191 Å². The molecule has 7 heteroatoms. The molecule has 1 unspecified atom stereocenters. The number of anilines is 1. The molecular weight excluding hydrogens is 445 g/mol. The fraction of sp³-hybridized carbons (Fsp3) is 0.0400. The second-order valence-corrected chi connectivity index (χ2v) is 9.36. The first-order valence-electron chi connectivity index (χ1n) is 9.92. The van der Waals surface area contributed by atoms with Crippen LogP contribution in [0.4, 0.5) is 5.69 Å². The highest BCUT2D eigenvalue weighted by atomic mass is 35.5. The van der Waals surface area contributed by atoms with Gasteiger partial charge in [0.2, 0.25) is 0 Å². The number of benzene rings is 4. The van der Waals surface area contributed by atoms with Crippen LogP contribution in [0.1, 0.15) is 11.3 Å². The van der Waals surface area contributed by atoms with E-state index in [4.69, 9.17) is 20.6 Å². The normalized spacial score (nSPS) is 12.0. The lowest BCUT2D eigenvalue weighted by Gasteiger charge is -2.29. The van der Waals surface area contributed by atoms with Crippen LogP contribution < -0.4 is 14.4 Å². The lowest BCUT2D eigenvalue weighted by atomic mass is 10.2. The number of phenolic OH excluding ortho intramolecular Hbond substituents is 1. The Morgan fingerprint density at radius 2 is 1.22 bits per heavy atom. The summed E-state index contributed by atoms with van der Waals surface area (Å²) < 4.78 is 26.5. The molecule has 0 amide bonds. The Hall–Kier alpha value is -3.40. The summed E-state index contributed by atoms with van der Waals surface area (Å²) in [5.41, 5.74) is 1.01. The average molecular weight is 466 g/mol. The number of rotatable bonds is 8. The largest absolute Gasteiger partial charge is 0.506 e. The number of hydrogen-bond donors (Lipinski definition) is 2. The topological polar surface area (TPSA) is 67.8 Å². The highest BCUT2D eigenvalue weighted by Crippen LogP contribution is 2.60. The number of aromatic hydroxyl groups is 1. The van der Waals surface area contributed by atoms with Crippen LogP contribution >= 0.6 is 19.2 Å². The van der Waals surface area contributed by atoms with Crippen molar-refractivity contribution < 1.29 is 18.7 Å². The Morgan fingerprint density at radius 1 is 0.719 bits per heavy atom. The SMILES string of the molecule is O=P(Oc1ccccc1)(Oc1ccccc1)C(Nc1ccccc1O)c1ccc(Cl)cc1. The molecule has 0 saturated carbocycles. The molecule has 4 aromatic rings. The molecule has 0 aliphatic carbocycles. The highest BCUT2D eigenvalue weighted by Gasteiger charge is 2.41. The van der Waals surface area contributed by atoms with Gasteiger partial charge in [0.05, 0.1) is 5.69 Å². The highest BCUT2D eigenvalue weighted by molar-refractivity contribution is 7.55. The predicted octanol–water partition coefficient (Wildman–Crippen LogP) is 7.51. The summed E-state index contributed by atoms with van der Waals surface area (Å²) in [4.78, 5) is 0. The molecule has 0 fully saturated rings. The van der Waals surface area contributed by atoms with Crippen molar-refractivity contribution in [3.05, 3.63) is 120 Å². The summed E-state index contributed by atoms with van der Waals surface area (Å²) in [6.45, 7) is 0. The molecule has 0 aromatic heterocycles. The smallest absolute Gasteiger partial charge is 0.457 e. The maximum atomic E-state index is 14.4. The lowest BCUT2D eigenvalue weighted by molar-refractivity contribution is 0.376. The Bertz CT molecular complexity index is 1160. The van der Waals surface area contributed by atoms with E-state index in [0.29, 0.717) is 27.8 Å². The van der Waals surface area contributed by atoms with Crippen LogP contribution in [0.25, 0.3) is 0 Å². The van der Waals surface area contributed by atoms with E-state index >= 15 is 0 Å². The quantitative estimate of drug-likeness (QED) is 0.208. The summed E-state index contributed by atoms with van der Waals surface area (Å²) in [5.74, 6) is -0.152. The monoisotopic (exact) mass is 465 g/mol. The van der Waals surface area contributed by atoms with Gasteiger partial charge in [0.1, 0.15) is 17.2 Å². The van der Waals surface area contributed by atoms with Gasteiger partial charge in [-0.3, -0.25) is 0 Å². The maximum absolute atomic E-state index is 14.4. The summed E-state index contributed by atoms with van der Waals surface area (Å²) >= 11 is 6.08. The van der Waals surface area contributed by atoms with E-state index in [9.17, 15) is 9.67 Å². The molecule has 0 bridgehead atoms. The molecule has 4 rings (SSSR count). The molecule has 162 valence electrons. The third kappa shape index (κ3) is 5.25. The van der Waals surface area contributed by atoms with Crippen molar-refractivity contribution in [2.45, 2.75) is 5.78 Å². The van der Waals surface area contributed by atoms with E-state index in [1.807, 2.05) is 12.1 Å². The average Bonchev–Trinajstić information content (AvgIpc) is 2.80. The fourth-order valence-corrected chi connectivity index (χ4v) is 5.15. The van der Waals surface area contributed by atoms with Gasteiger partial charge in [0.15, 0.2) is 5.78 Å². The number of para-hydroxylation sites is 4. The second-order valence-electron chi connectivity index (χ2n) is 6.96. The first-order chi connectivity index (χ1) is 15.5. The molecular formula is C25H21ClNO4P. The van der Waals surface area contributed by atoms with E-state index in [0.717, 1.165) is 0 Å². The van der Waals surface area contributed by atoms with Crippen molar-refractivity contribution in [2.75, 3.05) is 5.32 Å². The zero-order valence-electron chi connectivity index (χ0n) is 17.0. The molecule has 0 spiro atoms. The summed E-state index contributed by atoms with van der Waals surface area (Å²) in [5, 5.41) is 14.0. The van der Waals surface area contributed by atoms with Gasteiger partial charge in [-0.2, -0.15) is 0 Å². The van der Waals surface area contributed by atoms with E-state index in [1.165, 1.54) is 0 Å². The van der Waals surface area contributed by atoms with E-state index in [1.54, 1.807) is 97.1 Å². The number of halogens is 1. The van der Waals surface area contributed by atoms with Gasteiger partial charge >= 0.3 is 7.60 Å². The van der Waals surface area contributed by atoms with Crippen molar-refractivity contribution >= 4 is 24.9 Å². The second kappa shape index (κ2) is 9.82. The van der Waals surface area contributed by atoms with Gasteiger partial charge in [-0.1, -0.05) is 72.3 Å². The van der Waals surface area contributed by atoms with Crippen molar-refractivity contribution in [2.24, 2.45) is 0 Å². The number of phenols is 1. The molecule has 0 radical (unpaired) electrons. The molecule has 5 nitrogen and oxygen atoms in total. The first-order valence-corrected chi connectivity index (χ1v) is 11.9.